The summed E-state index contributed by atoms with van der Waals surface area (Å²) in [7, 11) is 0. The number of likely N-dealkylation sites (tertiary alicyclic amines) is 1. The van der Waals surface area contributed by atoms with Gasteiger partial charge in [0.15, 0.2) is 0 Å². The van der Waals surface area contributed by atoms with E-state index in [0.717, 1.165) is 18.4 Å². The number of amides is 1. The van der Waals surface area contributed by atoms with Crippen molar-refractivity contribution in [2.24, 2.45) is 0 Å². The van der Waals surface area contributed by atoms with E-state index in [2.05, 4.69) is 0 Å². The maximum Gasteiger partial charge on any atom is 0.326 e. The van der Waals surface area contributed by atoms with Crippen LogP contribution < -0.4 is 0 Å². The largest absolute Gasteiger partial charge is 0.480 e. The molecule has 0 radical (unpaired) electrons. The molecule has 0 aliphatic carbocycles. The van der Waals surface area contributed by atoms with E-state index < -0.39 is 12.0 Å². The Bertz CT molecular complexity index is 472. The molecule has 0 bridgehead atoms. The average molecular weight is 275 g/mol. The van der Waals surface area contributed by atoms with Gasteiger partial charge in [-0.25, -0.2) is 4.79 Å². The number of aliphatic carboxylic acids is 1. The molecular weight excluding hydrogens is 254 g/mol. The summed E-state index contributed by atoms with van der Waals surface area (Å²) in [6, 6.07) is 8.96. The Labute approximate surface area is 119 Å². The molecule has 1 heterocycles. The third-order valence-corrected chi connectivity index (χ3v) is 3.98. The molecule has 0 spiro atoms. The molecule has 1 fully saturated rings. The summed E-state index contributed by atoms with van der Waals surface area (Å²) in [6.07, 6.45) is 3.02. The van der Waals surface area contributed by atoms with Gasteiger partial charge >= 0.3 is 5.97 Å². The first kappa shape index (κ1) is 14.6. The lowest BCUT2D eigenvalue weighted by Gasteiger charge is -2.35. The molecule has 0 saturated carbocycles. The van der Waals surface area contributed by atoms with Crippen LogP contribution in [0.1, 0.15) is 44.1 Å². The van der Waals surface area contributed by atoms with E-state index in [1.165, 1.54) is 0 Å². The number of rotatable bonds is 4. The lowest BCUT2D eigenvalue weighted by molar-refractivity contribution is -0.152. The van der Waals surface area contributed by atoms with E-state index in [1.54, 1.807) is 4.90 Å². The maximum atomic E-state index is 12.7. The van der Waals surface area contributed by atoms with Gasteiger partial charge in [0.25, 0.3) is 0 Å². The summed E-state index contributed by atoms with van der Waals surface area (Å²) in [5.41, 5.74) is 0.967. The third kappa shape index (κ3) is 3.00. The van der Waals surface area contributed by atoms with Gasteiger partial charge in [-0.2, -0.15) is 0 Å². The van der Waals surface area contributed by atoms with E-state index in [4.69, 9.17) is 0 Å². The topological polar surface area (TPSA) is 57.6 Å². The second-order valence-electron chi connectivity index (χ2n) is 5.25. The summed E-state index contributed by atoms with van der Waals surface area (Å²) in [4.78, 5) is 25.6. The first-order chi connectivity index (χ1) is 9.65. The predicted molar refractivity (Wildman–Crippen MR) is 76.5 cm³/mol. The molecule has 108 valence electrons. The number of carboxylic acids is 1. The van der Waals surface area contributed by atoms with Gasteiger partial charge in [0.1, 0.15) is 6.04 Å². The fourth-order valence-corrected chi connectivity index (χ4v) is 2.89. The van der Waals surface area contributed by atoms with Crippen molar-refractivity contribution in [3.05, 3.63) is 35.9 Å². The van der Waals surface area contributed by atoms with Gasteiger partial charge in [-0.3, -0.25) is 4.79 Å². The van der Waals surface area contributed by atoms with Crippen LogP contribution in [0.4, 0.5) is 0 Å². The molecule has 1 aromatic carbocycles. The highest BCUT2D eigenvalue weighted by molar-refractivity contribution is 5.88. The first-order valence-electron chi connectivity index (χ1n) is 7.23. The molecule has 1 unspecified atom stereocenters. The number of carbonyl (C=O) groups excluding carboxylic acids is 1. The first-order valence-corrected chi connectivity index (χ1v) is 7.23. The van der Waals surface area contributed by atoms with E-state index >= 15 is 0 Å². The highest BCUT2D eigenvalue weighted by atomic mass is 16.4. The molecule has 20 heavy (non-hydrogen) atoms. The van der Waals surface area contributed by atoms with Gasteiger partial charge in [0.05, 0.1) is 5.92 Å². The number of hydrogen-bond acceptors (Lipinski definition) is 2. The van der Waals surface area contributed by atoms with E-state index in [0.29, 0.717) is 19.4 Å². The molecule has 1 aromatic rings. The molecule has 1 N–H and O–H groups in total. The van der Waals surface area contributed by atoms with Crippen molar-refractivity contribution in [3.63, 3.8) is 0 Å². The van der Waals surface area contributed by atoms with Crippen LogP contribution in [0.2, 0.25) is 0 Å². The maximum absolute atomic E-state index is 12.7. The normalized spacial score (nSPS) is 20.4. The Morgan fingerprint density at radius 3 is 2.60 bits per heavy atom. The van der Waals surface area contributed by atoms with Crippen LogP contribution in [0.3, 0.4) is 0 Å². The number of hydrogen-bond donors (Lipinski definition) is 1. The van der Waals surface area contributed by atoms with Crippen LogP contribution in [0.5, 0.6) is 0 Å². The Hall–Kier alpha value is -1.84. The van der Waals surface area contributed by atoms with E-state index in [9.17, 15) is 14.7 Å². The van der Waals surface area contributed by atoms with Crippen molar-refractivity contribution in [2.45, 2.75) is 44.6 Å². The van der Waals surface area contributed by atoms with Crippen molar-refractivity contribution in [2.75, 3.05) is 6.54 Å². The van der Waals surface area contributed by atoms with Crippen molar-refractivity contribution >= 4 is 11.9 Å². The average Bonchev–Trinajstić information content (AvgIpc) is 2.49. The van der Waals surface area contributed by atoms with E-state index in [-0.39, 0.29) is 11.8 Å². The molecule has 4 heteroatoms. The van der Waals surface area contributed by atoms with Crippen molar-refractivity contribution in [1.82, 2.24) is 4.90 Å². The smallest absolute Gasteiger partial charge is 0.326 e. The molecule has 2 rings (SSSR count). The summed E-state index contributed by atoms with van der Waals surface area (Å²) in [5, 5.41) is 9.29. The van der Waals surface area contributed by atoms with Crippen LogP contribution in [-0.4, -0.2) is 34.5 Å². The minimum atomic E-state index is -0.888. The number of benzene rings is 1. The molecule has 2 atom stereocenters. The van der Waals surface area contributed by atoms with Gasteiger partial charge in [0, 0.05) is 6.54 Å². The van der Waals surface area contributed by atoms with Gasteiger partial charge < -0.3 is 10.0 Å². The van der Waals surface area contributed by atoms with Crippen LogP contribution >= 0.6 is 0 Å². The second kappa shape index (κ2) is 6.55. The minimum absolute atomic E-state index is 0.0502. The zero-order valence-electron chi connectivity index (χ0n) is 11.8. The van der Waals surface area contributed by atoms with Crippen molar-refractivity contribution in [3.8, 4) is 0 Å². The molecule has 4 nitrogen and oxygen atoms in total. The summed E-state index contributed by atoms with van der Waals surface area (Å²) >= 11 is 0. The van der Waals surface area contributed by atoms with Crippen molar-refractivity contribution in [1.29, 1.82) is 0 Å². The molecule has 1 amide bonds. The summed E-state index contributed by atoms with van der Waals surface area (Å²) in [6.45, 7) is 2.52. The minimum Gasteiger partial charge on any atom is -0.480 e. The monoisotopic (exact) mass is 275 g/mol. The van der Waals surface area contributed by atoms with Crippen LogP contribution in [0, 0.1) is 0 Å². The highest BCUT2D eigenvalue weighted by Gasteiger charge is 2.35. The number of nitrogens with zero attached hydrogens (tertiary/aromatic N) is 1. The predicted octanol–water partition coefficient (Wildman–Crippen LogP) is 2.65. The van der Waals surface area contributed by atoms with Crippen molar-refractivity contribution < 1.29 is 14.7 Å². The lowest BCUT2D eigenvalue weighted by atomic mass is 9.92. The van der Waals surface area contributed by atoms with Crippen LogP contribution in [0.25, 0.3) is 0 Å². The fraction of sp³-hybridized carbons (Fsp3) is 0.500. The quantitative estimate of drug-likeness (QED) is 0.919. The molecular formula is C16H21NO3. The Balaban J connectivity index is 2.21. The molecule has 0 aromatic heterocycles. The molecule has 1 saturated heterocycles. The van der Waals surface area contributed by atoms with E-state index in [1.807, 2.05) is 37.3 Å². The number of carboxylic acid groups (broad SMARTS) is 1. The Morgan fingerprint density at radius 2 is 2.00 bits per heavy atom. The third-order valence-electron chi connectivity index (χ3n) is 3.98. The number of piperidine rings is 1. The second-order valence-corrected chi connectivity index (χ2v) is 5.25. The Kier molecular flexibility index (Phi) is 4.77. The van der Waals surface area contributed by atoms with Crippen LogP contribution in [-0.2, 0) is 9.59 Å². The zero-order chi connectivity index (χ0) is 14.5. The standard InChI is InChI=1S/C16H21NO3/c1-2-13(12-8-4-3-5-9-12)15(18)17-11-7-6-10-14(17)16(19)20/h3-5,8-9,13-14H,2,6-7,10-11H2,1H3,(H,19,20)/t13?,14-/m1/s1. The summed E-state index contributed by atoms with van der Waals surface area (Å²) < 4.78 is 0. The SMILES string of the molecule is CCC(C(=O)N1CCCC[C@@H]1C(=O)O)c1ccccc1. The molecule has 1 aliphatic rings. The van der Waals surface area contributed by atoms with Gasteiger partial charge in [-0.05, 0) is 31.2 Å². The molecule has 1 aliphatic heterocycles. The Morgan fingerprint density at radius 1 is 1.30 bits per heavy atom. The van der Waals surface area contributed by atoms with Gasteiger partial charge in [-0.15, -0.1) is 0 Å². The van der Waals surface area contributed by atoms with Gasteiger partial charge in [-0.1, -0.05) is 37.3 Å². The fourth-order valence-electron chi connectivity index (χ4n) is 2.89. The van der Waals surface area contributed by atoms with Crippen LogP contribution in [0.15, 0.2) is 30.3 Å². The lowest BCUT2D eigenvalue weighted by Crippen LogP contribution is -2.49. The highest BCUT2D eigenvalue weighted by Crippen LogP contribution is 2.26. The van der Waals surface area contributed by atoms with Gasteiger partial charge in [0.2, 0.25) is 5.91 Å². The summed E-state index contributed by atoms with van der Waals surface area (Å²) in [5.74, 6) is -1.18. The zero-order valence-corrected chi connectivity index (χ0v) is 11.8. The number of carbonyl (C=O) groups is 2.